The Morgan fingerprint density at radius 3 is 0.797 bits per heavy atom. The highest BCUT2D eigenvalue weighted by Gasteiger charge is 2.19. The molecule has 0 bridgehead atoms. The van der Waals surface area contributed by atoms with E-state index in [4.69, 9.17) is 14.2 Å². The number of hydrogen-bond acceptors (Lipinski definition) is 6. The Kier molecular flexibility index (Phi) is 62.3. The van der Waals surface area contributed by atoms with Crippen LogP contribution in [0.4, 0.5) is 0 Å². The Hall–Kier alpha value is -4.45. The second kappa shape index (κ2) is 66.1. The van der Waals surface area contributed by atoms with Crippen LogP contribution >= 0.6 is 0 Å². The highest BCUT2D eigenvalue weighted by molar-refractivity contribution is 5.71. The first-order chi connectivity index (χ1) is 39.0. The molecule has 6 nitrogen and oxygen atoms in total. The molecule has 448 valence electrons. The molecule has 0 fully saturated rings. The SMILES string of the molecule is CC/C=C\C/C=C\C/C=C\C/C=C\C/C=C\C/C=C\C/C=C\CCCCCCCCCC(=O)OCC(COC(=O)CCCC/C=C\C/C=C\C/C=C\C/C=C\CC)OC(=O)CCCCCCCCCCCCCCCCCCC. The molecule has 0 N–H and O–H groups in total. The largest absolute Gasteiger partial charge is 0.462 e. The van der Waals surface area contributed by atoms with Crippen molar-refractivity contribution in [1.29, 1.82) is 0 Å². The Balaban J connectivity index is 4.39. The van der Waals surface area contributed by atoms with Gasteiger partial charge in [-0.1, -0.05) is 289 Å². The summed E-state index contributed by atoms with van der Waals surface area (Å²) in [6.45, 7) is 6.39. The number of carbonyl (C=O) groups excluding carboxylic acids is 3. The van der Waals surface area contributed by atoms with Gasteiger partial charge in [-0.15, -0.1) is 0 Å². The summed E-state index contributed by atoms with van der Waals surface area (Å²) >= 11 is 0. The van der Waals surface area contributed by atoms with Crippen molar-refractivity contribution in [2.24, 2.45) is 0 Å². The van der Waals surface area contributed by atoms with Gasteiger partial charge in [0.05, 0.1) is 0 Å². The van der Waals surface area contributed by atoms with Crippen molar-refractivity contribution in [3.05, 3.63) is 134 Å². The predicted octanol–water partition coefficient (Wildman–Crippen LogP) is 22.5. The average molecular weight is 1090 g/mol. The van der Waals surface area contributed by atoms with Crippen molar-refractivity contribution in [2.75, 3.05) is 13.2 Å². The quantitative estimate of drug-likeness (QED) is 0.0261. The number of ether oxygens (including phenoxy) is 3. The maximum Gasteiger partial charge on any atom is 0.306 e. The molecule has 0 aromatic carbocycles. The molecule has 0 saturated carbocycles. The molecule has 0 saturated heterocycles. The second-order valence-corrected chi connectivity index (χ2v) is 21.3. The molecule has 0 aromatic rings. The minimum Gasteiger partial charge on any atom is -0.462 e. The van der Waals surface area contributed by atoms with Gasteiger partial charge in [0.1, 0.15) is 13.2 Å². The smallest absolute Gasteiger partial charge is 0.306 e. The summed E-state index contributed by atoms with van der Waals surface area (Å²) in [5.41, 5.74) is 0. The minimum atomic E-state index is -0.804. The maximum absolute atomic E-state index is 12.9. The third-order valence-corrected chi connectivity index (χ3v) is 13.7. The van der Waals surface area contributed by atoms with Crippen LogP contribution in [0, 0.1) is 0 Å². The van der Waals surface area contributed by atoms with Gasteiger partial charge < -0.3 is 14.2 Å². The average Bonchev–Trinajstić information content (AvgIpc) is 3.45. The number of carbonyl (C=O) groups is 3. The van der Waals surface area contributed by atoms with E-state index in [0.29, 0.717) is 19.3 Å². The predicted molar refractivity (Wildman–Crippen MR) is 343 cm³/mol. The van der Waals surface area contributed by atoms with E-state index in [2.05, 4.69) is 154 Å². The number of unbranched alkanes of at least 4 members (excludes halogenated alkanes) is 25. The lowest BCUT2D eigenvalue weighted by Gasteiger charge is -2.18. The van der Waals surface area contributed by atoms with Crippen LogP contribution in [0.25, 0.3) is 0 Å². The fraction of sp³-hybridized carbons (Fsp3) is 0.658. The van der Waals surface area contributed by atoms with Crippen molar-refractivity contribution in [3.63, 3.8) is 0 Å². The van der Waals surface area contributed by atoms with Crippen LogP contribution in [0.2, 0.25) is 0 Å². The molecule has 0 aliphatic carbocycles. The van der Waals surface area contributed by atoms with E-state index in [-0.39, 0.29) is 31.1 Å². The lowest BCUT2D eigenvalue weighted by Crippen LogP contribution is -2.30. The molecule has 1 unspecified atom stereocenters. The fourth-order valence-electron chi connectivity index (χ4n) is 8.83. The number of hydrogen-bond donors (Lipinski definition) is 0. The summed E-state index contributed by atoms with van der Waals surface area (Å²) < 4.78 is 16.9. The standard InChI is InChI=1S/C73H120O6/c1-4-7-10-13-16-19-22-25-28-30-31-32-33-34-35-36-37-38-39-40-41-43-45-48-51-54-57-60-63-66-72(75)78-69-70(68-77-71(74)65-62-59-56-53-50-47-44-27-24-21-18-15-12-9-6-3)79-73(76)67-64-61-58-55-52-49-46-42-29-26-23-20-17-14-11-8-5-2/h7,9-10,12,16,18-19,21,25,27-28,31-32,34-35,37-38,40-41,44,50,53,70H,4-6,8,11,13-15,17,20,22-24,26,29-30,33,36,39,42-43,45-49,51-52,54-69H2,1-3H3/b10-7-,12-9-,19-16-,21-18-,28-25-,32-31-,35-34-,38-37-,41-40-,44-27-,53-50-. The number of esters is 3. The van der Waals surface area contributed by atoms with Crippen LogP contribution in [-0.2, 0) is 28.6 Å². The van der Waals surface area contributed by atoms with Crippen molar-refractivity contribution < 1.29 is 28.6 Å². The lowest BCUT2D eigenvalue weighted by atomic mass is 10.0. The summed E-state index contributed by atoms with van der Waals surface area (Å²) in [5.74, 6) is -0.945. The highest BCUT2D eigenvalue weighted by atomic mass is 16.6. The van der Waals surface area contributed by atoms with Crippen molar-refractivity contribution in [2.45, 2.75) is 297 Å². The van der Waals surface area contributed by atoms with Crippen molar-refractivity contribution in [1.82, 2.24) is 0 Å². The topological polar surface area (TPSA) is 78.9 Å². The van der Waals surface area contributed by atoms with Gasteiger partial charge in [-0.25, -0.2) is 0 Å². The van der Waals surface area contributed by atoms with E-state index in [0.717, 1.165) is 135 Å². The summed E-state index contributed by atoms with van der Waals surface area (Å²) in [6, 6.07) is 0. The molecule has 1 atom stereocenters. The van der Waals surface area contributed by atoms with Gasteiger partial charge in [0.2, 0.25) is 0 Å². The first kappa shape index (κ1) is 74.5. The maximum atomic E-state index is 12.9. The Morgan fingerprint density at radius 1 is 0.266 bits per heavy atom. The number of allylic oxidation sites excluding steroid dienone is 22. The Bertz CT molecular complexity index is 1680. The normalized spacial score (nSPS) is 13.0. The van der Waals surface area contributed by atoms with Gasteiger partial charge in [0, 0.05) is 19.3 Å². The zero-order chi connectivity index (χ0) is 57.1. The van der Waals surface area contributed by atoms with E-state index < -0.39 is 6.10 Å². The van der Waals surface area contributed by atoms with Gasteiger partial charge in [0.15, 0.2) is 6.10 Å². The van der Waals surface area contributed by atoms with Crippen LogP contribution in [0.15, 0.2) is 134 Å². The molecule has 0 radical (unpaired) electrons. The van der Waals surface area contributed by atoms with Gasteiger partial charge in [0.25, 0.3) is 0 Å². The molecular weight excluding hydrogens is 973 g/mol. The minimum absolute atomic E-state index is 0.0986. The molecule has 0 aromatic heterocycles. The second-order valence-electron chi connectivity index (χ2n) is 21.3. The van der Waals surface area contributed by atoms with Gasteiger partial charge >= 0.3 is 17.9 Å². The first-order valence-electron chi connectivity index (χ1n) is 32.7. The molecule has 0 spiro atoms. The fourth-order valence-corrected chi connectivity index (χ4v) is 8.83. The third kappa shape index (κ3) is 64.3. The number of rotatable bonds is 58. The molecule has 0 rings (SSSR count). The molecule has 0 amide bonds. The summed E-state index contributed by atoms with van der Waals surface area (Å²) in [7, 11) is 0. The van der Waals surface area contributed by atoms with Crippen LogP contribution < -0.4 is 0 Å². The monoisotopic (exact) mass is 1090 g/mol. The van der Waals surface area contributed by atoms with E-state index in [1.54, 1.807) is 0 Å². The zero-order valence-corrected chi connectivity index (χ0v) is 51.3. The van der Waals surface area contributed by atoms with E-state index in [9.17, 15) is 14.4 Å². The summed E-state index contributed by atoms with van der Waals surface area (Å²) in [5, 5.41) is 0. The first-order valence-corrected chi connectivity index (χ1v) is 32.7. The van der Waals surface area contributed by atoms with Gasteiger partial charge in [-0.05, 0) is 116 Å². The Morgan fingerprint density at radius 2 is 0.494 bits per heavy atom. The van der Waals surface area contributed by atoms with Gasteiger partial charge in [-0.2, -0.15) is 0 Å². The summed E-state index contributed by atoms with van der Waals surface area (Å²) in [4.78, 5) is 38.3. The van der Waals surface area contributed by atoms with Gasteiger partial charge in [-0.3, -0.25) is 14.4 Å². The molecular formula is C73H120O6. The summed E-state index contributed by atoms with van der Waals surface area (Å²) in [6.07, 6.45) is 93.2. The molecule has 6 heteroatoms. The van der Waals surface area contributed by atoms with Crippen molar-refractivity contribution in [3.8, 4) is 0 Å². The Labute approximate surface area is 487 Å². The van der Waals surface area contributed by atoms with E-state index in [1.165, 1.54) is 116 Å². The third-order valence-electron chi connectivity index (χ3n) is 13.7. The molecule has 0 aliphatic heterocycles. The zero-order valence-electron chi connectivity index (χ0n) is 51.3. The molecule has 0 aliphatic rings. The van der Waals surface area contributed by atoms with Crippen LogP contribution in [0.1, 0.15) is 290 Å². The van der Waals surface area contributed by atoms with E-state index >= 15 is 0 Å². The highest BCUT2D eigenvalue weighted by Crippen LogP contribution is 2.16. The molecule has 0 heterocycles. The van der Waals surface area contributed by atoms with Crippen LogP contribution in [-0.4, -0.2) is 37.2 Å². The van der Waals surface area contributed by atoms with Crippen LogP contribution in [0.3, 0.4) is 0 Å². The van der Waals surface area contributed by atoms with Crippen LogP contribution in [0.5, 0.6) is 0 Å². The van der Waals surface area contributed by atoms with E-state index in [1.807, 2.05) is 0 Å². The molecule has 79 heavy (non-hydrogen) atoms. The lowest BCUT2D eigenvalue weighted by molar-refractivity contribution is -0.167. The van der Waals surface area contributed by atoms with Crippen molar-refractivity contribution >= 4 is 17.9 Å².